The van der Waals surface area contributed by atoms with E-state index in [4.69, 9.17) is 9.47 Å². The monoisotopic (exact) mass is 284 g/mol. The van der Waals surface area contributed by atoms with Crippen LogP contribution in [-0.4, -0.2) is 24.7 Å². The van der Waals surface area contributed by atoms with Crippen LogP contribution in [0, 0.1) is 6.92 Å². The summed E-state index contributed by atoms with van der Waals surface area (Å²) < 4.78 is 11.1. The average molecular weight is 284 g/mol. The summed E-state index contributed by atoms with van der Waals surface area (Å²) in [7, 11) is 0. The Morgan fingerprint density at radius 2 is 1.90 bits per heavy atom. The van der Waals surface area contributed by atoms with E-state index in [9.17, 15) is 0 Å². The van der Waals surface area contributed by atoms with Crippen molar-refractivity contribution in [3.8, 4) is 11.5 Å². The third-order valence-electron chi connectivity index (χ3n) is 3.46. The van der Waals surface area contributed by atoms with Crippen LogP contribution in [0.25, 0.3) is 0 Å². The first-order chi connectivity index (χ1) is 10.3. The van der Waals surface area contributed by atoms with Crippen molar-refractivity contribution in [2.75, 3.05) is 19.8 Å². The summed E-state index contributed by atoms with van der Waals surface area (Å²) in [6.45, 7) is 5.10. The van der Waals surface area contributed by atoms with Crippen molar-refractivity contribution in [3.63, 3.8) is 0 Å². The Balaban J connectivity index is 1.49. The first-order valence-corrected chi connectivity index (χ1v) is 7.31. The standard InChI is InChI=1S/C17H20N2O2/c1-13-8-15(12-19-10-13)11-18-5-4-14-2-3-16-17(9-14)21-7-6-20-16/h2-3,8-10,12,18H,4-7,11H2,1H3. The number of nitrogens with zero attached hydrogens (tertiary/aromatic N) is 1. The minimum absolute atomic E-state index is 0.634. The second-order valence-corrected chi connectivity index (χ2v) is 5.28. The maximum Gasteiger partial charge on any atom is 0.161 e. The highest BCUT2D eigenvalue weighted by Gasteiger charge is 2.11. The van der Waals surface area contributed by atoms with E-state index in [1.54, 1.807) is 0 Å². The number of benzene rings is 1. The average Bonchev–Trinajstić information content (AvgIpc) is 2.51. The lowest BCUT2D eigenvalue weighted by Gasteiger charge is -2.18. The molecule has 2 heterocycles. The number of hydrogen-bond acceptors (Lipinski definition) is 4. The fourth-order valence-electron chi connectivity index (χ4n) is 2.42. The highest BCUT2D eigenvalue weighted by molar-refractivity contribution is 5.43. The second-order valence-electron chi connectivity index (χ2n) is 5.28. The van der Waals surface area contributed by atoms with Crippen molar-refractivity contribution in [1.82, 2.24) is 10.3 Å². The van der Waals surface area contributed by atoms with Crippen LogP contribution in [-0.2, 0) is 13.0 Å². The Hall–Kier alpha value is -2.07. The van der Waals surface area contributed by atoms with Crippen molar-refractivity contribution in [2.45, 2.75) is 19.9 Å². The molecule has 0 saturated carbocycles. The van der Waals surface area contributed by atoms with Crippen molar-refractivity contribution in [2.24, 2.45) is 0 Å². The van der Waals surface area contributed by atoms with E-state index in [-0.39, 0.29) is 0 Å². The predicted octanol–water partition coefficient (Wildman–Crippen LogP) is 2.49. The lowest BCUT2D eigenvalue weighted by atomic mass is 10.1. The lowest BCUT2D eigenvalue weighted by Crippen LogP contribution is -2.18. The number of rotatable bonds is 5. The van der Waals surface area contributed by atoms with Crippen LogP contribution in [0.15, 0.2) is 36.7 Å². The molecule has 0 saturated heterocycles. The molecular weight excluding hydrogens is 264 g/mol. The Morgan fingerprint density at radius 1 is 1.05 bits per heavy atom. The molecule has 1 aromatic carbocycles. The first-order valence-electron chi connectivity index (χ1n) is 7.31. The summed E-state index contributed by atoms with van der Waals surface area (Å²) in [5.74, 6) is 1.71. The van der Waals surface area contributed by atoms with Crippen LogP contribution in [0.1, 0.15) is 16.7 Å². The number of nitrogens with one attached hydrogen (secondary N) is 1. The number of aromatic nitrogens is 1. The fourth-order valence-corrected chi connectivity index (χ4v) is 2.42. The minimum Gasteiger partial charge on any atom is -0.486 e. The number of pyridine rings is 1. The Kier molecular flexibility index (Phi) is 4.36. The van der Waals surface area contributed by atoms with Gasteiger partial charge in [-0.25, -0.2) is 0 Å². The molecule has 0 unspecified atom stereocenters. The zero-order valence-corrected chi connectivity index (χ0v) is 12.3. The molecule has 1 aromatic heterocycles. The van der Waals surface area contributed by atoms with Gasteiger partial charge in [-0.3, -0.25) is 4.98 Å². The smallest absolute Gasteiger partial charge is 0.161 e. The molecule has 0 spiro atoms. The van der Waals surface area contributed by atoms with Crippen LogP contribution in [0.2, 0.25) is 0 Å². The largest absolute Gasteiger partial charge is 0.486 e. The molecule has 3 rings (SSSR count). The molecule has 0 aliphatic carbocycles. The van der Waals surface area contributed by atoms with E-state index >= 15 is 0 Å². The number of fused-ring (bicyclic) bond motifs is 1. The van der Waals surface area contributed by atoms with Crippen LogP contribution in [0.3, 0.4) is 0 Å². The molecule has 2 aromatic rings. The SMILES string of the molecule is Cc1cncc(CNCCc2ccc3c(c2)OCCO3)c1. The molecule has 4 nitrogen and oxygen atoms in total. The van der Waals surface area contributed by atoms with Gasteiger partial charge in [0.1, 0.15) is 13.2 Å². The molecule has 110 valence electrons. The summed E-state index contributed by atoms with van der Waals surface area (Å²) in [6.07, 6.45) is 4.75. The molecule has 0 amide bonds. The van der Waals surface area contributed by atoms with Gasteiger partial charge in [-0.2, -0.15) is 0 Å². The Labute approximate surface area is 125 Å². The number of hydrogen-bond donors (Lipinski definition) is 1. The third kappa shape index (κ3) is 3.73. The minimum atomic E-state index is 0.634. The Morgan fingerprint density at radius 3 is 2.76 bits per heavy atom. The summed E-state index contributed by atoms with van der Waals surface area (Å²) in [5, 5.41) is 3.45. The van der Waals surface area contributed by atoms with Crippen LogP contribution in [0.5, 0.6) is 11.5 Å². The molecular formula is C17H20N2O2. The predicted molar refractivity (Wildman–Crippen MR) is 81.8 cm³/mol. The zero-order chi connectivity index (χ0) is 14.5. The van der Waals surface area contributed by atoms with Gasteiger partial charge in [0.2, 0.25) is 0 Å². The molecule has 1 N–H and O–H groups in total. The van der Waals surface area contributed by atoms with Gasteiger partial charge in [-0.1, -0.05) is 12.1 Å². The van der Waals surface area contributed by atoms with Crippen molar-refractivity contribution in [1.29, 1.82) is 0 Å². The van der Waals surface area contributed by atoms with Gasteiger partial charge in [0, 0.05) is 18.9 Å². The molecule has 1 aliphatic heterocycles. The third-order valence-corrected chi connectivity index (χ3v) is 3.46. The van der Waals surface area contributed by atoms with Gasteiger partial charge in [0.15, 0.2) is 11.5 Å². The lowest BCUT2D eigenvalue weighted by molar-refractivity contribution is 0.171. The molecule has 1 aliphatic rings. The van der Waals surface area contributed by atoms with E-state index in [1.807, 2.05) is 18.5 Å². The van der Waals surface area contributed by atoms with Gasteiger partial charge in [0.25, 0.3) is 0 Å². The molecule has 0 fully saturated rings. The highest BCUT2D eigenvalue weighted by atomic mass is 16.6. The number of aryl methyl sites for hydroxylation is 1. The normalized spacial score (nSPS) is 13.2. The van der Waals surface area contributed by atoms with Gasteiger partial charge in [-0.15, -0.1) is 0 Å². The summed E-state index contributed by atoms with van der Waals surface area (Å²) in [5.41, 5.74) is 3.67. The van der Waals surface area contributed by atoms with Gasteiger partial charge < -0.3 is 14.8 Å². The summed E-state index contributed by atoms with van der Waals surface area (Å²) in [4.78, 5) is 4.20. The maximum absolute atomic E-state index is 5.60. The fraction of sp³-hybridized carbons (Fsp3) is 0.353. The van der Waals surface area contributed by atoms with Crippen molar-refractivity contribution < 1.29 is 9.47 Å². The second kappa shape index (κ2) is 6.59. The van der Waals surface area contributed by atoms with Gasteiger partial charge >= 0.3 is 0 Å². The van der Waals surface area contributed by atoms with E-state index in [2.05, 4.69) is 35.4 Å². The molecule has 4 heteroatoms. The van der Waals surface area contributed by atoms with Crippen LogP contribution in [0.4, 0.5) is 0 Å². The molecule has 21 heavy (non-hydrogen) atoms. The topological polar surface area (TPSA) is 43.4 Å². The highest BCUT2D eigenvalue weighted by Crippen LogP contribution is 2.30. The van der Waals surface area contributed by atoms with Crippen LogP contribution < -0.4 is 14.8 Å². The van der Waals surface area contributed by atoms with E-state index in [1.165, 1.54) is 16.7 Å². The quantitative estimate of drug-likeness (QED) is 0.857. The van der Waals surface area contributed by atoms with Crippen molar-refractivity contribution in [3.05, 3.63) is 53.3 Å². The van der Waals surface area contributed by atoms with E-state index < -0.39 is 0 Å². The maximum atomic E-state index is 5.60. The van der Waals surface area contributed by atoms with Crippen LogP contribution >= 0.6 is 0 Å². The molecule has 0 radical (unpaired) electrons. The molecule has 0 bridgehead atoms. The summed E-state index contributed by atoms with van der Waals surface area (Å²) in [6, 6.07) is 8.33. The zero-order valence-electron chi connectivity index (χ0n) is 12.3. The van der Waals surface area contributed by atoms with Gasteiger partial charge in [0.05, 0.1) is 0 Å². The van der Waals surface area contributed by atoms with Crippen molar-refractivity contribution >= 4 is 0 Å². The summed E-state index contributed by atoms with van der Waals surface area (Å²) >= 11 is 0. The van der Waals surface area contributed by atoms with E-state index in [0.29, 0.717) is 13.2 Å². The Bertz CT molecular complexity index is 613. The van der Waals surface area contributed by atoms with Gasteiger partial charge in [-0.05, 0) is 48.7 Å². The number of ether oxygens (including phenoxy) is 2. The first kappa shape index (κ1) is 13.9. The van der Waals surface area contributed by atoms with E-state index in [0.717, 1.165) is 31.0 Å². The molecule has 0 atom stereocenters.